The highest BCUT2D eigenvalue weighted by Crippen LogP contribution is 2.37. The van der Waals surface area contributed by atoms with Gasteiger partial charge in [0.25, 0.3) is 5.69 Å². The van der Waals surface area contributed by atoms with Crippen LogP contribution in [0.3, 0.4) is 0 Å². The van der Waals surface area contributed by atoms with Crippen molar-refractivity contribution in [1.82, 2.24) is 0 Å². The van der Waals surface area contributed by atoms with E-state index in [9.17, 15) is 14.9 Å². The van der Waals surface area contributed by atoms with Gasteiger partial charge in [0.05, 0.1) is 10.5 Å². The molecule has 1 aromatic rings. The summed E-state index contributed by atoms with van der Waals surface area (Å²) in [5, 5.41) is 11.6. The van der Waals surface area contributed by atoms with Crippen molar-refractivity contribution in [1.29, 1.82) is 0 Å². The molecule has 0 aromatic heterocycles. The molecule has 0 saturated heterocycles. The SMILES string of the molecule is CC(=O)c1ccc(SC2CCCC(C)C2)cc1[N+](=O)[O-]. The zero-order valence-corrected chi connectivity index (χ0v) is 12.6. The van der Waals surface area contributed by atoms with Gasteiger partial charge < -0.3 is 0 Å². The summed E-state index contributed by atoms with van der Waals surface area (Å²) in [6, 6.07) is 4.95. The molecule has 4 nitrogen and oxygen atoms in total. The van der Waals surface area contributed by atoms with Crippen LogP contribution >= 0.6 is 11.8 Å². The standard InChI is InChI=1S/C15H19NO3S/c1-10-4-3-5-12(8-10)20-13-6-7-14(11(2)17)15(9-13)16(18)19/h6-7,9-10,12H,3-5,8H2,1-2H3. The molecule has 0 aliphatic heterocycles. The first-order valence-corrected chi connectivity index (χ1v) is 7.81. The van der Waals surface area contributed by atoms with E-state index < -0.39 is 4.92 Å². The predicted molar refractivity (Wildman–Crippen MR) is 80.4 cm³/mol. The van der Waals surface area contributed by atoms with E-state index in [-0.39, 0.29) is 17.0 Å². The Hall–Kier alpha value is -1.36. The monoisotopic (exact) mass is 293 g/mol. The Balaban J connectivity index is 2.18. The lowest BCUT2D eigenvalue weighted by atomic mass is 9.91. The summed E-state index contributed by atoms with van der Waals surface area (Å²) >= 11 is 1.70. The molecule has 0 amide bonds. The number of carbonyl (C=O) groups is 1. The molecule has 1 saturated carbocycles. The van der Waals surface area contributed by atoms with Crippen LogP contribution in [-0.2, 0) is 0 Å². The maximum absolute atomic E-state index is 11.4. The van der Waals surface area contributed by atoms with Crippen molar-refractivity contribution in [2.24, 2.45) is 5.92 Å². The first-order valence-electron chi connectivity index (χ1n) is 6.93. The van der Waals surface area contributed by atoms with Gasteiger partial charge in [-0.2, -0.15) is 0 Å². The third-order valence-corrected chi connectivity index (χ3v) is 5.02. The average molecular weight is 293 g/mol. The van der Waals surface area contributed by atoms with Gasteiger partial charge in [0.1, 0.15) is 0 Å². The molecular weight excluding hydrogens is 274 g/mol. The number of Topliss-reactive ketones (excluding diaryl/α,β-unsaturated/α-hetero) is 1. The fourth-order valence-corrected chi connectivity index (χ4v) is 4.13. The first-order chi connectivity index (χ1) is 9.47. The number of hydrogen-bond acceptors (Lipinski definition) is 4. The van der Waals surface area contributed by atoms with Crippen LogP contribution in [0.5, 0.6) is 0 Å². The molecule has 0 radical (unpaired) electrons. The van der Waals surface area contributed by atoms with E-state index in [1.807, 2.05) is 6.07 Å². The Labute approximate surface area is 123 Å². The molecule has 20 heavy (non-hydrogen) atoms. The van der Waals surface area contributed by atoms with Crippen molar-refractivity contribution in [2.75, 3.05) is 0 Å². The van der Waals surface area contributed by atoms with E-state index in [1.165, 1.54) is 19.8 Å². The predicted octanol–water partition coefficient (Wildman–Crippen LogP) is 4.47. The van der Waals surface area contributed by atoms with Crippen LogP contribution in [0.15, 0.2) is 23.1 Å². The normalized spacial score (nSPS) is 22.5. The van der Waals surface area contributed by atoms with Gasteiger partial charge in [-0.25, -0.2) is 0 Å². The van der Waals surface area contributed by atoms with Crippen molar-refractivity contribution in [3.05, 3.63) is 33.9 Å². The third-order valence-electron chi connectivity index (χ3n) is 3.74. The fourth-order valence-electron chi connectivity index (χ4n) is 2.71. The molecule has 0 bridgehead atoms. The Bertz CT molecular complexity index is 530. The van der Waals surface area contributed by atoms with E-state index in [0.717, 1.165) is 23.7 Å². The van der Waals surface area contributed by atoms with E-state index in [1.54, 1.807) is 23.9 Å². The molecule has 2 unspecified atom stereocenters. The summed E-state index contributed by atoms with van der Waals surface area (Å²) in [5.74, 6) is 0.465. The molecule has 1 fully saturated rings. The minimum atomic E-state index is -0.468. The number of benzene rings is 1. The van der Waals surface area contributed by atoms with Crippen molar-refractivity contribution in [3.63, 3.8) is 0 Å². The lowest BCUT2D eigenvalue weighted by Crippen LogP contribution is -2.14. The number of hydrogen-bond donors (Lipinski definition) is 0. The van der Waals surface area contributed by atoms with E-state index >= 15 is 0 Å². The van der Waals surface area contributed by atoms with Crippen molar-refractivity contribution >= 4 is 23.2 Å². The Kier molecular flexibility index (Phi) is 4.81. The second-order valence-corrected chi connectivity index (χ2v) is 6.88. The van der Waals surface area contributed by atoms with Gasteiger partial charge >= 0.3 is 0 Å². The van der Waals surface area contributed by atoms with Gasteiger partial charge in [-0.1, -0.05) is 19.8 Å². The average Bonchev–Trinajstić information content (AvgIpc) is 2.38. The number of carbonyl (C=O) groups excluding carboxylic acids is 1. The van der Waals surface area contributed by atoms with Gasteiger partial charge in [0, 0.05) is 16.2 Å². The highest BCUT2D eigenvalue weighted by Gasteiger charge is 2.22. The molecule has 1 aromatic carbocycles. The third kappa shape index (κ3) is 3.60. The smallest absolute Gasteiger partial charge is 0.281 e. The van der Waals surface area contributed by atoms with E-state index in [4.69, 9.17) is 0 Å². The van der Waals surface area contributed by atoms with Gasteiger partial charge in [0.2, 0.25) is 0 Å². The molecule has 2 rings (SSSR count). The molecule has 1 aliphatic rings. The lowest BCUT2D eigenvalue weighted by Gasteiger charge is -2.26. The maximum Gasteiger partial charge on any atom is 0.281 e. The Morgan fingerprint density at radius 3 is 2.75 bits per heavy atom. The molecule has 0 spiro atoms. The Morgan fingerprint density at radius 1 is 1.40 bits per heavy atom. The number of nitro benzene ring substituents is 1. The minimum absolute atomic E-state index is 0.0774. The van der Waals surface area contributed by atoms with Crippen molar-refractivity contribution in [2.45, 2.75) is 49.7 Å². The summed E-state index contributed by atoms with van der Waals surface area (Å²) in [7, 11) is 0. The molecule has 1 aliphatic carbocycles. The number of nitro groups is 1. The molecule has 0 N–H and O–H groups in total. The van der Waals surface area contributed by atoms with Crippen LogP contribution in [0.1, 0.15) is 49.9 Å². The summed E-state index contributed by atoms with van der Waals surface area (Å²) in [5.41, 5.74) is 0.114. The topological polar surface area (TPSA) is 60.2 Å². The second-order valence-electron chi connectivity index (χ2n) is 5.50. The summed E-state index contributed by atoms with van der Waals surface area (Å²) < 4.78 is 0. The van der Waals surface area contributed by atoms with Gasteiger partial charge in [-0.15, -0.1) is 11.8 Å². The second kappa shape index (κ2) is 6.39. The minimum Gasteiger partial charge on any atom is -0.294 e. The molecule has 2 atom stereocenters. The molecule has 0 heterocycles. The molecular formula is C15H19NO3S. The number of nitrogens with zero attached hydrogens (tertiary/aromatic N) is 1. The molecule has 108 valence electrons. The fraction of sp³-hybridized carbons (Fsp3) is 0.533. The summed E-state index contributed by atoms with van der Waals surface area (Å²) in [6.45, 7) is 3.62. The highest BCUT2D eigenvalue weighted by molar-refractivity contribution is 8.00. The van der Waals surface area contributed by atoms with Crippen molar-refractivity contribution < 1.29 is 9.72 Å². The van der Waals surface area contributed by atoms with Crippen LogP contribution in [-0.4, -0.2) is 16.0 Å². The number of ketones is 1. The van der Waals surface area contributed by atoms with Crippen LogP contribution in [0.2, 0.25) is 0 Å². The number of rotatable bonds is 4. The van der Waals surface area contributed by atoms with E-state index in [0.29, 0.717) is 5.25 Å². The van der Waals surface area contributed by atoms with E-state index in [2.05, 4.69) is 6.92 Å². The van der Waals surface area contributed by atoms with Crippen molar-refractivity contribution in [3.8, 4) is 0 Å². The van der Waals surface area contributed by atoms with Crippen LogP contribution in [0.4, 0.5) is 5.69 Å². The quantitative estimate of drug-likeness (QED) is 0.467. The van der Waals surface area contributed by atoms with Gasteiger partial charge in [-0.3, -0.25) is 14.9 Å². The van der Waals surface area contributed by atoms with Crippen LogP contribution in [0.25, 0.3) is 0 Å². The molecule has 5 heteroatoms. The van der Waals surface area contributed by atoms with Crippen LogP contribution < -0.4 is 0 Å². The Morgan fingerprint density at radius 2 is 2.15 bits per heavy atom. The van der Waals surface area contributed by atoms with Gasteiger partial charge in [-0.05, 0) is 37.8 Å². The zero-order chi connectivity index (χ0) is 14.7. The maximum atomic E-state index is 11.4. The highest BCUT2D eigenvalue weighted by atomic mass is 32.2. The first kappa shape index (κ1) is 15.0. The lowest BCUT2D eigenvalue weighted by molar-refractivity contribution is -0.385. The summed E-state index contributed by atoms with van der Waals surface area (Å²) in [6.07, 6.45) is 4.83. The van der Waals surface area contributed by atoms with Gasteiger partial charge in [0.15, 0.2) is 5.78 Å². The zero-order valence-electron chi connectivity index (χ0n) is 11.8. The number of thioether (sulfide) groups is 1. The summed E-state index contributed by atoms with van der Waals surface area (Å²) in [4.78, 5) is 22.9. The largest absolute Gasteiger partial charge is 0.294 e. The van der Waals surface area contributed by atoms with Crippen LogP contribution in [0, 0.1) is 16.0 Å².